The number of aromatic nitrogens is 1. The maximum Gasteiger partial charge on any atom is 0.257 e. The Morgan fingerprint density at radius 2 is 2.29 bits per heavy atom. The molecule has 1 aromatic heterocycles. The zero-order chi connectivity index (χ0) is 12.6. The lowest BCUT2D eigenvalue weighted by atomic mass is 10.1. The van der Waals surface area contributed by atoms with Crippen molar-refractivity contribution in [3.8, 4) is 0 Å². The Kier molecular flexibility index (Phi) is 3.35. The molecule has 1 atom stereocenters. The monoisotopic (exact) mass is 254 g/mol. The number of likely N-dealkylation sites (tertiary alicyclic amines) is 1. The molecule has 5 heteroatoms. The third-order valence-corrected chi connectivity index (χ3v) is 3.24. The predicted octanol–water partition coefficient (Wildman–Crippen LogP) is 1.56. The molecule has 1 N–H and O–H groups in total. The number of hydrogen-bond acceptors (Lipinski definition) is 3. The molecule has 0 saturated carbocycles. The molecule has 0 aliphatic carbocycles. The van der Waals surface area contributed by atoms with Gasteiger partial charge in [-0.3, -0.25) is 4.79 Å². The van der Waals surface area contributed by atoms with E-state index in [1.54, 1.807) is 4.90 Å². The van der Waals surface area contributed by atoms with Gasteiger partial charge in [-0.15, -0.1) is 0 Å². The summed E-state index contributed by atoms with van der Waals surface area (Å²) in [7, 11) is 0. The van der Waals surface area contributed by atoms with Crippen LogP contribution in [0.4, 0.5) is 0 Å². The fraction of sp³-hybridized carbons (Fsp3) is 0.500. The first-order valence-electron chi connectivity index (χ1n) is 5.60. The van der Waals surface area contributed by atoms with Crippen molar-refractivity contribution in [2.45, 2.75) is 26.4 Å². The SMILES string of the molecule is Cc1cc(C)c(C(=O)N2CC[C@@H](O)C2)c(Cl)n1. The van der Waals surface area contributed by atoms with Gasteiger partial charge >= 0.3 is 0 Å². The standard InChI is InChI=1S/C12H15ClN2O2/c1-7-5-8(2)14-11(13)10(7)12(17)15-4-3-9(16)6-15/h5,9,16H,3-4,6H2,1-2H3/t9-/m1/s1. The van der Waals surface area contributed by atoms with Crippen LogP contribution in [0.25, 0.3) is 0 Å². The minimum Gasteiger partial charge on any atom is -0.391 e. The molecule has 0 bridgehead atoms. The van der Waals surface area contributed by atoms with Crippen molar-refractivity contribution in [1.29, 1.82) is 0 Å². The second-order valence-corrected chi connectivity index (χ2v) is 4.80. The molecule has 1 aliphatic heterocycles. The van der Waals surface area contributed by atoms with E-state index < -0.39 is 6.10 Å². The van der Waals surface area contributed by atoms with Gasteiger partial charge in [0.05, 0.1) is 11.7 Å². The average molecular weight is 255 g/mol. The van der Waals surface area contributed by atoms with Crippen LogP contribution >= 0.6 is 11.6 Å². The Balaban J connectivity index is 2.31. The van der Waals surface area contributed by atoms with E-state index in [4.69, 9.17) is 11.6 Å². The molecule has 2 rings (SSSR count). The van der Waals surface area contributed by atoms with E-state index in [0.29, 0.717) is 25.1 Å². The lowest BCUT2D eigenvalue weighted by Crippen LogP contribution is -2.30. The molecular weight excluding hydrogens is 240 g/mol. The molecule has 92 valence electrons. The second-order valence-electron chi connectivity index (χ2n) is 4.44. The highest BCUT2D eigenvalue weighted by atomic mass is 35.5. The number of rotatable bonds is 1. The number of aryl methyl sites for hydroxylation is 2. The Morgan fingerprint density at radius 1 is 1.59 bits per heavy atom. The summed E-state index contributed by atoms with van der Waals surface area (Å²) in [6.45, 7) is 4.64. The molecular formula is C12H15ClN2O2. The maximum atomic E-state index is 12.2. The van der Waals surface area contributed by atoms with Crippen LogP contribution in [-0.2, 0) is 0 Å². The summed E-state index contributed by atoms with van der Waals surface area (Å²) in [6, 6.07) is 1.84. The Hall–Kier alpha value is -1.13. The van der Waals surface area contributed by atoms with Crippen LogP contribution in [0.15, 0.2) is 6.07 Å². The number of pyridine rings is 1. The van der Waals surface area contributed by atoms with Crippen LogP contribution in [0.5, 0.6) is 0 Å². The molecule has 1 amide bonds. The summed E-state index contributed by atoms with van der Waals surface area (Å²) in [6.07, 6.45) is 0.207. The average Bonchev–Trinajstić information content (AvgIpc) is 2.63. The van der Waals surface area contributed by atoms with Gasteiger partial charge in [-0.05, 0) is 31.9 Å². The van der Waals surface area contributed by atoms with E-state index in [1.165, 1.54) is 0 Å². The smallest absolute Gasteiger partial charge is 0.257 e. The lowest BCUT2D eigenvalue weighted by molar-refractivity contribution is 0.0764. The number of carbonyl (C=O) groups excluding carboxylic acids is 1. The molecule has 0 spiro atoms. The van der Waals surface area contributed by atoms with E-state index in [0.717, 1.165) is 11.3 Å². The van der Waals surface area contributed by atoms with Crippen LogP contribution in [0.2, 0.25) is 5.15 Å². The molecule has 1 fully saturated rings. The molecule has 1 saturated heterocycles. The van der Waals surface area contributed by atoms with Gasteiger partial charge in [-0.1, -0.05) is 11.6 Å². The van der Waals surface area contributed by atoms with Crippen molar-refractivity contribution in [1.82, 2.24) is 9.88 Å². The largest absolute Gasteiger partial charge is 0.391 e. The molecule has 0 unspecified atom stereocenters. The number of hydrogen-bond donors (Lipinski definition) is 1. The highest BCUT2D eigenvalue weighted by molar-refractivity contribution is 6.32. The molecule has 2 heterocycles. The first-order chi connectivity index (χ1) is 7.99. The van der Waals surface area contributed by atoms with Crippen molar-refractivity contribution in [2.24, 2.45) is 0 Å². The summed E-state index contributed by atoms with van der Waals surface area (Å²) < 4.78 is 0. The normalized spacial score (nSPS) is 19.8. The van der Waals surface area contributed by atoms with Gasteiger partial charge in [-0.25, -0.2) is 4.98 Å². The summed E-state index contributed by atoms with van der Waals surface area (Å²) in [5.74, 6) is -0.142. The fourth-order valence-corrected chi connectivity index (χ4v) is 2.50. The minimum atomic E-state index is -0.420. The number of halogens is 1. The van der Waals surface area contributed by atoms with E-state index in [-0.39, 0.29) is 11.1 Å². The number of carbonyl (C=O) groups is 1. The molecule has 17 heavy (non-hydrogen) atoms. The number of aliphatic hydroxyl groups is 1. The number of nitrogens with zero attached hydrogens (tertiary/aromatic N) is 2. The van der Waals surface area contributed by atoms with Gasteiger partial charge in [0.25, 0.3) is 5.91 Å². The van der Waals surface area contributed by atoms with Crippen LogP contribution in [-0.4, -0.2) is 40.1 Å². The zero-order valence-electron chi connectivity index (χ0n) is 9.90. The summed E-state index contributed by atoms with van der Waals surface area (Å²) in [4.78, 5) is 18.0. The number of aliphatic hydroxyl groups excluding tert-OH is 1. The first kappa shape index (κ1) is 12.3. The van der Waals surface area contributed by atoms with Crippen molar-refractivity contribution in [3.05, 3.63) is 28.0 Å². The number of amides is 1. The Morgan fingerprint density at radius 3 is 2.82 bits per heavy atom. The molecule has 1 aliphatic rings. The molecule has 0 radical (unpaired) electrons. The van der Waals surface area contributed by atoms with Crippen molar-refractivity contribution < 1.29 is 9.90 Å². The van der Waals surface area contributed by atoms with Gasteiger partial charge in [-0.2, -0.15) is 0 Å². The highest BCUT2D eigenvalue weighted by Crippen LogP contribution is 2.22. The lowest BCUT2D eigenvalue weighted by Gasteiger charge is -2.17. The topological polar surface area (TPSA) is 53.4 Å². The van der Waals surface area contributed by atoms with Crippen molar-refractivity contribution in [3.63, 3.8) is 0 Å². The van der Waals surface area contributed by atoms with E-state index >= 15 is 0 Å². The van der Waals surface area contributed by atoms with E-state index in [2.05, 4.69) is 4.98 Å². The third-order valence-electron chi connectivity index (χ3n) is 2.96. The summed E-state index contributed by atoms with van der Waals surface area (Å²) in [5, 5.41) is 9.68. The van der Waals surface area contributed by atoms with E-state index in [9.17, 15) is 9.90 Å². The van der Waals surface area contributed by atoms with Crippen LogP contribution in [0.3, 0.4) is 0 Å². The van der Waals surface area contributed by atoms with Crippen molar-refractivity contribution >= 4 is 17.5 Å². The van der Waals surface area contributed by atoms with Crippen LogP contribution in [0, 0.1) is 13.8 Å². The molecule has 1 aromatic rings. The third kappa shape index (κ3) is 2.42. The number of β-amino-alcohol motifs (C(OH)–C–C–N with tert-alkyl or cyclic N) is 1. The van der Waals surface area contributed by atoms with Crippen LogP contribution in [0.1, 0.15) is 28.0 Å². The zero-order valence-corrected chi connectivity index (χ0v) is 10.7. The first-order valence-corrected chi connectivity index (χ1v) is 5.98. The maximum absolute atomic E-state index is 12.2. The Labute approximate surface area is 105 Å². The van der Waals surface area contributed by atoms with Gasteiger partial charge in [0.2, 0.25) is 0 Å². The van der Waals surface area contributed by atoms with Gasteiger partial charge in [0.1, 0.15) is 5.15 Å². The van der Waals surface area contributed by atoms with Crippen LogP contribution < -0.4 is 0 Å². The fourth-order valence-electron chi connectivity index (χ4n) is 2.13. The quantitative estimate of drug-likeness (QED) is 0.774. The van der Waals surface area contributed by atoms with Crippen molar-refractivity contribution in [2.75, 3.05) is 13.1 Å². The van der Waals surface area contributed by atoms with Gasteiger partial charge in [0.15, 0.2) is 0 Å². The summed E-state index contributed by atoms with van der Waals surface area (Å²) in [5.41, 5.74) is 2.07. The predicted molar refractivity (Wildman–Crippen MR) is 65.2 cm³/mol. The second kappa shape index (κ2) is 4.63. The van der Waals surface area contributed by atoms with E-state index in [1.807, 2.05) is 19.9 Å². The van der Waals surface area contributed by atoms with Gasteiger partial charge in [0, 0.05) is 18.8 Å². The molecule has 4 nitrogen and oxygen atoms in total. The molecule has 0 aromatic carbocycles. The highest BCUT2D eigenvalue weighted by Gasteiger charge is 2.28. The van der Waals surface area contributed by atoms with Gasteiger partial charge < -0.3 is 10.0 Å². The minimum absolute atomic E-state index is 0.142. The Bertz CT molecular complexity index is 439. The summed E-state index contributed by atoms with van der Waals surface area (Å²) >= 11 is 6.02.